The maximum atomic E-state index is 12.9. The lowest BCUT2D eigenvalue weighted by Crippen LogP contribution is -2.40. The molecule has 0 saturated heterocycles. The Morgan fingerprint density at radius 3 is 0.964 bits per heavy atom. The summed E-state index contributed by atoms with van der Waals surface area (Å²) in [5.41, 5.74) is 0. The molecule has 0 aliphatic carbocycles. The van der Waals surface area contributed by atoms with Crippen LogP contribution in [0.25, 0.3) is 0 Å². The molecule has 0 rings (SSSR count). The van der Waals surface area contributed by atoms with Gasteiger partial charge in [-0.15, -0.1) is 0 Å². The van der Waals surface area contributed by atoms with Crippen LogP contribution in [0.15, 0.2) is 72.9 Å². The smallest absolute Gasteiger partial charge is 0.361 e. The van der Waals surface area contributed by atoms with Crippen LogP contribution in [0.4, 0.5) is 0 Å². The van der Waals surface area contributed by atoms with Gasteiger partial charge in [0.2, 0.25) is 0 Å². The second kappa shape index (κ2) is 64.7. The molecule has 0 aromatic heterocycles. The molecule has 2 atom stereocenters. The van der Waals surface area contributed by atoms with Gasteiger partial charge >= 0.3 is 17.9 Å². The lowest BCUT2D eigenvalue weighted by molar-refractivity contribution is -0.870. The minimum atomic E-state index is -1.51. The summed E-state index contributed by atoms with van der Waals surface area (Å²) in [4.78, 5) is 37.6. The maximum Gasteiger partial charge on any atom is 0.361 e. The normalized spacial score (nSPS) is 13.1. The highest BCUT2D eigenvalue weighted by Gasteiger charge is 2.25. The number of hydrogen-bond donors (Lipinski definition) is 1. The Morgan fingerprint density at radius 1 is 0.361 bits per heavy atom. The van der Waals surface area contributed by atoms with E-state index < -0.39 is 24.3 Å². The highest BCUT2D eigenvalue weighted by atomic mass is 16.7. The highest BCUT2D eigenvalue weighted by Crippen LogP contribution is 2.17. The van der Waals surface area contributed by atoms with E-state index >= 15 is 0 Å². The lowest BCUT2D eigenvalue weighted by Gasteiger charge is -2.25. The van der Waals surface area contributed by atoms with E-state index in [4.69, 9.17) is 18.9 Å². The molecule has 9 nitrogen and oxygen atoms in total. The van der Waals surface area contributed by atoms with Crippen LogP contribution >= 0.6 is 0 Å². The van der Waals surface area contributed by atoms with E-state index in [2.05, 4.69) is 86.8 Å². The number of carboxylic acids is 1. The van der Waals surface area contributed by atoms with Crippen LogP contribution in [0, 0.1) is 0 Å². The van der Waals surface area contributed by atoms with Gasteiger partial charge < -0.3 is 28.5 Å². The predicted molar refractivity (Wildman–Crippen MR) is 355 cm³/mol. The molecule has 482 valence electrons. The number of esters is 2. The molecule has 83 heavy (non-hydrogen) atoms. The van der Waals surface area contributed by atoms with Crippen LogP contribution < -0.4 is 0 Å². The minimum Gasteiger partial charge on any atom is -0.477 e. The fourth-order valence-corrected chi connectivity index (χ4v) is 10.0. The maximum absolute atomic E-state index is 12.9. The molecule has 0 radical (unpaired) electrons. The fourth-order valence-electron chi connectivity index (χ4n) is 10.0. The Bertz CT molecular complexity index is 1590. The van der Waals surface area contributed by atoms with E-state index in [0.717, 1.165) is 64.2 Å². The van der Waals surface area contributed by atoms with Crippen molar-refractivity contribution in [3.05, 3.63) is 72.9 Å². The monoisotopic (exact) mass is 1170 g/mol. The third kappa shape index (κ3) is 66.1. The van der Waals surface area contributed by atoms with Crippen LogP contribution in [0.2, 0.25) is 0 Å². The Balaban J connectivity index is 4.12. The first-order valence-corrected chi connectivity index (χ1v) is 35.1. The molecular weight excluding hydrogens is 1030 g/mol. The number of carbonyl (C=O) groups is 3. The summed E-state index contributed by atoms with van der Waals surface area (Å²) >= 11 is 0. The number of rotatable bonds is 65. The second-order valence-electron chi connectivity index (χ2n) is 24.8. The van der Waals surface area contributed by atoms with E-state index in [1.807, 2.05) is 21.1 Å². The van der Waals surface area contributed by atoms with Crippen LogP contribution in [0.1, 0.15) is 322 Å². The predicted octanol–water partition coefficient (Wildman–Crippen LogP) is 21.7. The van der Waals surface area contributed by atoms with Gasteiger partial charge in [-0.2, -0.15) is 0 Å². The average molecular weight is 1170 g/mol. The molecule has 0 heterocycles. The molecule has 1 N–H and O–H groups in total. The van der Waals surface area contributed by atoms with Crippen LogP contribution in [0.3, 0.4) is 0 Å². The summed E-state index contributed by atoms with van der Waals surface area (Å²) < 4.78 is 23.0. The zero-order valence-corrected chi connectivity index (χ0v) is 55.1. The van der Waals surface area contributed by atoms with Gasteiger partial charge in [0.15, 0.2) is 6.10 Å². The Labute approximate surface area is 513 Å². The summed E-state index contributed by atoms with van der Waals surface area (Å²) in [6.45, 7) is 4.89. The molecular formula is C74H134NO8+. The number of carbonyl (C=O) groups excluding carboxylic acids is 2. The zero-order valence-electron chi connectivity index (χ0n) is 55.1. The first-order chi connectivity index (χ1) is 40.6. The number of unbranched alkanes of at least 4 members (excludes halogenated alkanes) is 38. The van der Waals surface area contributed by atoms with Crippen LogP contribution in [-0.2, 0) is 33.3 Å². The molecule has 0 spiro atoms. The molecule has 9 heteroatoms. The van der Waals surface area contributed by atoms with Crippen molar-refractivity contribution in [3.8, 4) is 0 Å². The van der Waals surface area contributed by atoms with E-state index in [1.165, 1.54) is 231 Å². The molecule has 0 bridgehead atoms. The van der Waals surface area contributed by atoms with Crippen molar-refractivity contribution in [2.45, 2.75) is 334 Å². The first kappa shape index (κ1) is 79.7. The number of allylic oxidation sites excluding steroid dienone is 12. The number of hydrogen-bond acceptors (Lipinski definition) is 7. The van der Waals surface area contributed by atoms with E-state index in [0.29, 0.717) is 17.4 Å². The quantitative estimate of drug-likeness (QED) is 0.0211. The summed E-state index contributed by atoms with van der Waals surface area (Å²) in [7, 11) is 5.98. The van der Waals surface area contributed by atoms with Crippen molar-refractivity contribution < 1.29 is 42.9 Å². The molecule has 0 aliphatic rings. The fraction of sp³-hybridized carbons (Fsp3) is 0.797. The first-order valence-electron chi connectivity index (χ1n) is 35.1. The number of ether oxygens (including phenoxy) is 4. The molecule has 0 saturated carbocycles. The number of nitrogens with zero attached hydrogens (tertiary/aromatic N) is 1. The zero-order chi connectivity index (χ0) is 60.5. The Morgan fingerprint density at radius 2 is 0.651 bits per heavy atom. The summed E-state index contributed by atoms with van der Waals surface area (Å²) in [6, 6.07) is 0. The van der Waals surface area contributed by atoms with Gasteiger partial charge in [0, 0.05) is 12.8 Å². The van der Waals surface area contributed by atoms with Crippen molar-refractivity contribution >= 4 is 17.9 Å². The van der Waals surface area contributed by atoms with Crippen molar-refractivity contribution in [3.63, 3.8) is 0 Å². The summed E-state index contributed by atoms with van der Waals surface area (Å²) in [5.74, 6) is -1.99. The molecule has 0 amide bonds. The minimum absolute atomic E-state index is 0.183. The second-order valence-corrected chi connectivity index (χ2v) is 24.8. The third-order valence-corrected chi connectivity index (χ3v) is 15.4. The molecule has 0 fully saturated rings. The van der Waals surface area contributed by atoms with Crippen molar-refractivity contribution in [1.29, 1.82) is 0 Å². The third-order valence-electron chi connectivity index (χ3n) is 15.4. The molecule has 0 aromatic carbocycles. The Hall–Kier alpha value is -3.27. The lowest BCUT2D eigenvalue weighted by atomic mass is 10.0. The van der Waals surface area contributed by atoms with Crippen molar-refractivity contribution in [1.82, 2.24) is 0 Å². The van der Waals surface area contributed by atoms with Crippen molar-refractivity contribution in [2.24, 2.45) is 0 Å². The Kier molecular flexibility index (Phi) is 62.2. The van der Waals surface area contributed by atoms with Gasteiger partial charge in [-0.1, -0.05) is 292 Å². The number of likely N-dealkylation sites (N-methyl/N-ethyl adjacent to an activating group) is 1. The van der Waals surface area contributed by atoms with Gasteiger partial charge in [-0.3, -0.25) is 9.59 Å². The molecule has 0 aromatic rings. The van der Waals surface area contributed by atoms with E-state index in [1.54, 1.807) is 0 Å². The van der Waals surface area contributed by atoms with Gasteiger partial charge in [0.05, 0.1) is 34.4 Å². The number of quaternary nitrogens is 1. The topological polar surface area (TPSA) is 108 Å². The SMILES string of the molecule is CCCCCCC/C=C\C/C=C\C/C=C\CCCCCCCCCCCCCCCCCCC(=O)OC(COC(=O)CCCCCCCCCCCCCC/C=C\C/C=C\C/C=C\CCCCCCC)COC(OCC[N+](C)(C)C)C(=O)O. The summed E-state index contributed by atoms with van der Waals surface area (Å²) in [5, 5.41) is 9.75. The van der Waals surface area contributed by atoms with Crippen LogP contribution in [0.5, 0.6) is 0 Å². The van der Waals surface area contributed by atoms with E-state index in [9.17, 15) is 19.5 Å². The van der Waals surface area contributed by atoms with Crippen LogP contribution in [-0.4, -0.2) is 87.4 Å². The molecule has 0 aliphatic heterocycles. The van der Waals surface area contributed by atoms with Gasteiger partial charge in [0.25, 0.3) is 6.29 Å². The van der Waals surface area contributed by atoms with Gasteiger partial charge in [-0.05, 0) is 89.9 Å². The van der Waals surface area contributed by atoms with Crippen molar-refractivity contribution in [2.75, 3.05) is 47.5 Å². The molecule has 2 unspecified atom stereocenters. The van der Waals surface area contributed by atoms with E-state index in [-0.39, 0.29) is 32.2 Å². The highest BCUT2D eigenvalue weighted by molar-refractivity contribution is 5.71. The average Bonchev–Trinajstić information content (AvgIpc) is 3.46. The van der Waals surface area contributed by atoms with Gasteiger partial charge in [-0.25, -0.2) is 4.79 Å². The standard InChI is InChI=1S/C74H133NO8/c1-6-8-10-12-14-16-18-20-22-24-26-28-30-32-34-35-36-37-39-41-43-45-47-49-51-53-55-57-59-61-63-65-72(77)83-70(69-82-74(73(78)79)80-67-66-75(3,4)5)68-81-71(76)64-62-60-58-56-54-52-50-48-46-44-42-40-38-33-31-29-27-25-23-21-19-17-15-13-11-9-7-2/h18-21,24-27,30-33,70,74H,6-17,22-23,28-29,34-69H2,1-5H3/p+1/b20-18-,21-19-,26-24-,27-25-,32-30-,33-31-. The van der Waals surface area contributed by atoms with Gasteiger partial charge in [0.1, 0.15) is 13.2 Å². The summed E-state index contributed by atoms with van der Waals surface area (Å²) in [6.07, 6.45) is 82.9. The number of carboxylic acid groups (broad SMARTS) is 1. The number of aliphatic carboxylic acids is 1. The largest absolute Gasteiger partial charge is 0.477 e.